The van der Waals surface area contributed by atoms with Crippen molar-refractivity contribution >= 4 is 11.0 Å². The molecular formula is C28H20F2N5O2+. The summed E-state index contributed by atoms with van der Waals surface area (Å²) in [4.78, 5) is 7.36. The smallest absolute Gasteiger partial charge is 0.234 e. The fraction of sp³-hybridized carbons (Fsp3) is 0.0714. The van der Waals surface area contributed by atoms with Crippen molar-refractivity contribution in [2.75, 3.05) is 0 Å². The van der Waals surface area contributed by atoms with Gasteiger partial charge in [0.15, 0.2) is 11.6 Å². The maximum absolute atomic E-state index is 14.2. The van der Waals surface area contributed by atoms with Gasteiger partial charge in [-0.1, -0.05) is 46.2 Å². The van der Waals surface area contributed by atoms with Crippen molar-refractivity contribution in [1.29, 1.82) is 0 Å². The lowest BCUT2D eigenvalue weighted by Crippen LogP contribution is -2.37. The zero-order valence-corrected chi connectivity index (χ0v) is 19.4. The highest BCUT2D eigenvalue weighted by atomic mass is 19.2. The van der Waals surface area contributed by atoms with Gasteiger partial charge in [0.1, 0.15) is 41.1 Å². The molecule has 6 rings (SSSR count). The summed E-state index contributed by atoms with van der Waals surface area (Å²) in [5.41, 5.74) is 3.90. The molecule has 0 amide bonds. The lowest BCUT2D eigenvalue weighted by atomic mass is 10.1. The van der Waals surface area contributed by atoms with Crippen LogP contribution in [0.4, 0.5) is 8.78 Å². The van der Waals surface area contributed by atoms with Gasteiger partial charge >= 0.3 is 0 Å². The summed E-state index contributed by atoms with van der Waals surface area (Å²) in [6.45, 7) is 0.821. The SMILES string of the molecule is Fc1cccc(-c2nc3cn[n+](Cc4cc(-c5ccc(OCc6ccccc6)cc5)no4)cc3[nH]2)c1F. The van der Waals surface area contributed by atoms with Gasteiger partial charge in [-0.25, -0.2) is 13.8 Å². The first-order valence-corrected chi connectivity index (χ1v) is 11.5. The molecule has 0 radical (unpaired) electrons. The van der Waals surface area contributed by atoms with Gasteiger partial charge in [0.05, 0.1) is 5.56 Å². The number of hydrogen-bond acceptors (Lipinski definition) is 5. The fourth-order valence-electron chi connectivity index (χ4n) is 3.95. The molecule has 6 aromatic rings. The van der Waals surface area contributed by atoms with Crippen LogP contribution >= 0.6 is 0 Å². The molecule has 0 atom stereocenters. The van der Waals surface area contributed by atoms with E-state index in [-0.39, 0.29) is 11.4 Å². The second kappa shape index (κ2) is 9.62. The van der Waals surface area contributed by atoms with Crippen LogP contribution in [-0.4, -0.2) is 20.2 Å². The van der Waals surface area contributed by atoms with Crippen LogP contribution in [0.25, 0.3) is 33.7 Å². The molecular weight excluding hydrogens is 476 g/mol. The van der Waals surface area contributed by atoms with E-state index in [2.05, 4.69) is 20.2 Å². The highest BCUT2D eigenvalue weighted by Crippen LogP contribution is 2.25. The lowest BCUT2D eigenvalue weighted by Gasteiger charge is -2.06. The quantitative estimate of drug-likeness (QED) is 0.296. The van der Waals surface area contributed by atoms with Crippen LogP contribution in [0.15, 0.2) is 95.8 Å². The van der Waals surface area contributed by atoms with Crippen molar-refractivity contribution in [2.45, 2.75) is 13.2 Å². The number of nitrogens with zero attached hydrogens (tertiary/aromatic N) is 4. The monoisotopic (exact) mass is 496 g/mol. The van der Waals surface area contributed by atoms with Crippen LogP contribution in [-0.2, 0) is 13.2 Å². The van der Waals surface area contributed by atoms with Gasteiger partial charge in [-0.15, -0.1) is 0 Å². The Morgan fingerprint density at radius 2 is 1.78 bits per heavy atom. The van der Waals surface area contributed by atoms with Crippen molar-refractivity contribution in [3.63, 3.8) is 0 Å². The van der Waals surface area contributed by atoms with E-state index in [1.807, 2.05) is 60.7 Å². The molecule has 0 unspecified atom stereocenters. The molecule has 0 saturated carbocycles. The van der Waals surface area contributed by atoms with Crippen molar-refractivity contribution in [3.05, 3.63) is 114 Å². The van der Waals surface area contributed by atoms with Crippen LogP contribution in [0.1, 0.15) is 11.3 Å². The first-order chi connectivity index (χ1) is 18.1. The van der Waals surface area contributed by atoms with Gasteiger partial charge in [-0.3, -0.25) is 0 Å². The molecule has 7 nitrogen and oxygen atoms in total. The summed E-state index contributed by atoms with van der Waals surface area (Å²) in [5.74, 6) is -0.285. The second-order valence-electron chi connectivity index (χ2n) is 8.43. The highest BCUT2D eigenvalue weighted by Gasteiger charge is 2.17. The number of ether oxygens (including phenoxy) is 1. The zero-order chi connectivity index (χ0) is 25.2. The Morgan fingerprint density at radius 3 is 2.62 bits per heavy atom. The Morgan fingerprint density at radius 1 is 0.946 bits per heavy atom. The number of imidazole rings is 1. The van der Waals surface area contributed by atoms with Crippen LogP contribution < -0.4 is 9.42 Å². The predicted molar refractivity (Wildman–Crippen MR) is 131 cm³/mol. The molecule has 3 heterocycles. The Bertz CT molecular complexity index is 1680. The average Bonchev–Trinajstić information content (AvgIpc) is 3.57. The van der Waals surface area contributed by atoms with E-state index in [0.717, 1.165) is 22.9 Å². The summed E-state index contributed by atoms with van der Waals surface area (Å²) in [5, 5.41) is 8.53. The van der Waals surface area contributed by atoms with Crippen LogP contribution in [0.5, 0.6) is 5.75 Å². The molecule has 0 aliphatic rings. The highest BCUT2D eigenvalue weighted by molar-refractivity contribution is 5.77. The summed E-state index contributed by atoms with van der Waals surface area (Å²) >= 11 is 0. The number of H-pyrrole nitrogens is 1. The molecule has 37 heavy (non-hydrogen) atoms. The maximum atomic E-state index is 14.2. The third-order valence-corrected chi connectivity index (χ3v) is 5.85. The van der Waals surface area contributed by atoms with E-state index in [9.17, 15) is 8.78 Å². The minimum atomic E-state index is -0.952. The number of rotatable bonds is 7. The zero-order valence-electron chi connectivity index (χ0n) is 19.4. The molecule has 3 aromatic heterocycles. The minimum Gasteiger partial charge on any atom is -0.489 e. The van der Waals surface area contributed by atoms with Crippen LogP contribution in [0, 0.1) is 11.6 Å². The molecule has 0 saturated heterocycles. The number of fused-ring (bicyclic) bond motifs is 1. The molecule has 1 N–H and O–H groups in total. The maximum Gasteiger partial charge on any atom is 0.234 e. The Labute approximate surface area is 210 Å². The first kappa shape index (κ1) is 22.5. The summed E-state index contributed by atoms with van der Waals surface area (Å²) in [7, 11) is 0. The van der Waals surface area contributed by atoms with Gasteiger partial charge in [0.25, 0.3) is 0 Å². The van der Waals surface area contributed by atoms with Crippen molar-refractivity contribution < 1.29 is 22.7 Å². The Balaban J connectivity index is 1.15. The third-order valence-electron chi connectivity index (χ3n) is 5.85. The van der Waals surface area contributed by atoms with Crippen molar-refractivity contribution in [3.8, 4) is 28.4 Å². The normalized spacial score (nSPS) is 11.2. The topological polar surface area (TPSA) is 80.7 Å². The van der Waals surface area contributed by atoms with Gasteiger partial charge in [0.2, 0.25) is 18.5 Å². The van der Waals surface area contributed by atoms with Crippen LogP contribution in [0.3, 0.4) is 0 Å². The molecule has 3 aromatic carbocycles. The molecule has 0 bridgehead atoms. The number of benzene rings is 3. The number of aromatic amines is 1. The molecule has 9 heteroatoms. The summed E-state index contributed by atoms with van der Waals surface area (Å²) in [6, 6.07) is 23.4. The molecule has 182 valence electrons. The van der Waals surface area contributed by atoms with E-state index < -0.39 is 11.6 Å². The lowest BCUT2D eigenvalue weighted by molar-refractivity contribution is -0.746. The van der Waals surface area contributed by atoms with E-state index in [1.165, 1.54) is 12.1 Å². The number of hydrogen-bond donors (Lipinski definition) is 1. The first-order valence-electron chi connectivity index (χ1n) is 11.5. The molecule has 0 fully saturated rings. The molecule has 0 aliphatic heterocycles. The van der Waals surface area contributed by atoms with E-state index in [4.69, 9.17) is 9.26 Å². The van der Waals surface area contributed by atoms with Crippen molar-refractivity contribution in [1.82, 2.24) is 20.2 Å². The van der Waals surface area contributed by atoms with Crippen LogP contribution in [0.2, 0.25) is 0 Å². The second-order valence-corrected chi connectivity index (χ2v) is 8.43. The fourth-order valence-corrected chi connectivity index (χ4v) is 3.95. The van der Waals surface area contributed by atoms with Gasteiger partial charge in [0, 0.05) is 11.6 Å². The predicted octanol–water partition coefficient (Wildman–Crippen LogP) is 5.47. The number of nitrogens with one attached hydrogen (secondary N) is 1. The van der Waals surface area contributed by atoms with Gasteiger partial charge in [-0.05, 0) is 47.1 Å². The van der Waals surface area contributed by atoms with E-state index >= 15 is 0 Å². The van der Waals surface area contributed by atoms with Gasteiger partial charge in [-0.2, -0.15) is 0 Å². The number of aromatic nitrogens is 5. The summed E-state index contributed by atoms with van der Waals surface area (Å²) in [6.07, 6.45) is 3.28. The molecule has 0 aliphatic carbocycles. The van der Waals surface area contributed by atoms with E-state index in [1.54, 1.807) is 17.1 Å². The summed E-state index contributed by atoms with van der Waals surface area (Å²) < 4.78 is 40.8. The third kappa shape index (κ3) is 4.79. The Kier molecular flexibility index (Phi) is 5.86. The Hall–Kier alpha value is -4.92. The standard InChI is InChI=1S/C28H19F2N5O2/c29-23-8-4-7-22(27(23)30)28-32-25-14-31-35(16-26(25)33-28)15-21-13-24(34-37-21)19-9-11-20(12-10-19)36-17-18-5-2-1-3-6-18/h1-14,16H,15,17H2/p+1. The largest absolute Gasteiger partial charge is 0.489 e. The average molecular weight is 496 g/mol. The minimum absolute atomic E-state index is 0.0547. The number of halogens is 2. The van der Waals surface area contributed by atoms with Crippen molar-refractivity contribution in [2.24, 2.45) is 0 Å². The van der Waals surface area contributed by atoms with E-state index in [0.29, 0.717) is 35.6 Å². The molecule has 0 spiro atoms. The van der Waals surface area contributed by atoms with Gasteiger partial charge < -0.3 is 14.2 Å².